The number of benzene rings is 2. The van der Waals surface area contributed by atoms with E-state index < -0.39 is 5.91 Å². The molecular weight excluding hydrogens is 368 g/mol. The van der Waals surface area contributed by atoms with E-state index in [0.29, 0.717) is 36.2 Å². The summed E-state index contributed by atoms with van der Waals surface area (Å²) in [6.07, 6.45) is 0. The van der Waals surface area contributed by atoms with Crippen LogP contribution in [-0.2, 0) is 11.3 Å². The third-order valence-corrected chi connectivity index (χ3v) is 4.19. The zero-order valence-electron chi connectivity index (χ0n) is 15.8. The first-order chi connectivity index (χ1) is 12.9. The van der Waals surface area contributed by atoms with E-state index in [-0.39, 0.29) is 6.61 Å². The molecule has 0 radical (unpaired) electrons. The molecule has 7 heteroatoms. The number of rotatable bonds is 10. The van der Waals surface area contributed by atoms with Gasteiger partial charge in [0.25, 0.3) is 5.91 Å². The van der Waals surface area contributed by atoms with Gasteiger partial charge in [-0.15, -0.1) is 0 Å². The van der Waals surface area contributed by atoms with Crippen LogP contribution in [0.2, 0.25) is 5.02 Å². The molecule has 0 unspecified atom stereocenters. The zero-order chi connectivity index (χ0) is 19.8. The molecule has 2 aromatic rings. The summed E-state index contributed by atoms with van der Waals surface area (Å²) in [7, 11) is 1.51. The van der Waals surface area contributed by atoms with Crippen molar-refractivity contribution in [1.82, 2.24) is 5.32 Å². The molecule has 2 aromatic carbocycles. The van der Waals surface area contributed by atoms with Gasteiger partial charge >= 0.3 is 0 Å². The monoisotopic (exact) mass is 392 g/mol. The number of hydrogen-bond acceptors (Lipinski definition) is 5. The van der Waals surface area contributed by atoms with Crippen molar-refractivity contribution in [3.8, 4) is 17.2 Å². The molecule has 2 rings (SSSR count). The summed E-state index contributed by atoms with van der Waals surface area (Å²) >= 11 is 6.24. The molecule has 0 heterocycles. The third kappa shape index (κ3) is 6.05. The van der Waals surface area contributed by atoms with Crippen LogP contribution >= 0.6 is 11.6 Å². The summed E-state index contributed by atoms with van der Waals surface area (Å²) in [6, 6.07) is 9.66. The van der Waals surface area contributed by atoms with Crippen LogP contribution in [0.3, 0.4) is 0 Å². The Labute approximate surface area is 164 Å². The second kappa shape index (κ2) is 10.0. The lowest BCUT2D eigenvalue weighted by Gasteiger charge is -2.14. The highest BCUT2D eigenvalue weighted by Gasteiger charge is 2.13. The maximum atomic E-state index is 10.9. The largest absolute Gasteiger partial charge is 0.493 e. The molecule has 0 aliphatic rings. The number of carbonyl (C=O) groups is 1. The molecule has 0 aromatic heterocycles. The van der Waals surface area contributed by atoms with Crippen molar-refractivity contribution in [2.45, 2.75) is 20.4 Å². The number of carbonyl (C=O) groups excluding carboxylic acids is 1. The van der Waals surface area contributed by atoms with Crippen molar-refractivity contribution in [2.24, 2.45) is 5.73 Å². The molecule has 27 heavy (non-hydrogen) atoms. The summed E-state index contributed by atoms with van der Waals surface area (Å²) in [5.41, 5.74) is 8.27. The number of hydrogen-bond donors (Lipinski definition) is 2. The lowest BCUT2D eigenvalue weighted by molar-refractivity contribution is -0.119. The van der Waals surface area contributed by atoms with Crippen LogP contribution in [0.25, 0.3) is 0 Å². The van der Waals surface area contributed by atoms with E-state index in [0.717, 1.165) is 22.4 Å². The first-order valence-electron chi connectivity index (χ1n) is 8.59. The second-order valence-corrected chi connectivity index (χ2v) is 6.52. The summed E-state index contributed by atoms with van der Waals surface area (Å²) in [6.45, 7) is 5.62. The fraction of sp³-hybridized carbons (Fsp3) is 0.350. The van der Waals surface area contributed by atoms with E-state index in [1.807, 2.05) is 38.1 Å². The highest BCUT2D eigenvalue weighted by Crippen LogP contribution is 2.36. The molecule has 0 aliphatic heterocycles. The minimum absolute atomic E-state index is 0.261. The Morgan fingerprint density at radius 1 is 1.15 bits per heavy atom. The second-order valence-electron chi connectivity index (χ2n) is 6.11. The van der Waals surface area contributed by atoms with Crippen LogP contribution < -0.4 is 25.3 Å². The predicted molar refractivity (Wildman–Crippen MR) is 106 cm³/mol. The molecule has 1 amide bonds. The molecule has 146 valence electrons. The number of nitrogens with two attached hydrogens (primary N) is 1. The average Bonchev–Trinajstić information content (AvgIpc) is 2.62. The van der Waals surface area contributed by atoms with Crippen LogP contribution in [0, 0.1) is 13.8 Å². The molecular formula is C20H25ClN2O4. The molecule has 0 saturated heterocycles. The van der Waals surface area contributed by atoms with Crippen LogP contribution in [0.5, 0.6) is 17.2 Å². The molecule has 0 fully saturated rings. The van der Waals surface area contributed by atoms with Gasteiger partial charge in [-0.25, -0.2) is 0 Å². The molecule has 3 N–H and O–H groups in total. The first-order valence-corrected chi connectivity index (χ1v) is 8.97. The molecule has 0 bridgehead atoms. The van der Waals surface area contributed by atoms with E-state index >= 15 is 0 Å². The molecule has 0 spiro atoms. The lowest BCUT2D eigenvalue weighted by atomic mass is 10.1. The van der Waals surface area contributed by atoms with Crippen molar-refractivity contribution in [3.63, 3.8) is 0 Å². The Balaban J connectivity index is 1.88. The number of aryl methyl sites for hydroxylation is 2. The number of para-hydroxylation sites is 1. The minimum Gasteiger partial charge on any atom is -0.493 e. The van der Waals surface area contributed by atoms with Crippen molar-refractivity contribution in [2.75, 3.05) is 26.9 Å². The van der Waals surface area contributed by atoms with E-state index in [4.69, 9.17) is 31.5 Å². The van der Waals surface area contributed by atoms with Gasteiger partial charge in [0, 0.05) is 13.1 Å². The van der Waals surface area contributed by atoms with E-state index in [1.54, 1.807) is 6.07 Å². The van der Waals surface area contributed by atoms with Crippen LogP contribution in [0.15, 0.2) is 30.3 Å². The van der Waals surface area contributed by atoms with Gasteiger partial charge in [0.15, 0.2) is 18.1 Å². The zero-order valence-corrected chi connectivity index (χ0v) is 16.6. The fourth-order valence-corrected chi connectivity index (χ4v) is 2.93. The van der Waals surface area contributed by atoms with Gasteiger partial charge in [0.1, 0.15) is 12.4 Å². The van der Waals surface area contributed by atoms with E-state index in [1.165, 1.54) is 7.11 Å². The van der Waals surface area contributed by atoms with Crippen molar-refractivity contribution in [1.29, 1.82) is 0 Å². The van der Waals surface area contributed by atoms with Gasteiger partial charge in [-0.2, -0.15) is 0 Å². The van der Waals surface area contributed by atoms with Crippen LogP contribution in [0.1, 0.15) is 16.7 Å². The first kappa shape index (κ1) is 20.9. The lowest BCUT2D eigenvalue weighted by Crippen LogP contribution is -2.21. The SMILES string of the molecule is COc1cc(CNCCOc2c(C)cccc2C)cc(Cl)c1OCC(N)=O. The predicted octanol–water partition coefficient (Wildman–Crippen LogP) is 3.00. The third-order valence-electron chi connectivity index (χ3n) is 3.91. The summed E-state index contributed by atoms with van der Waals surface area (Å²) < 4.78 is 16.5. The number of nitrogens with one attached hydrogen (secondary N) is 1. The molecule has 6 nitrogen and oxygen atoms in total. The topological polar surface area (TPSA) is 82.8 Å². The number of ether oxygens (including phenoxy) is 3. The fourth-order valence-electron chi connectivity index (χ4n) is 2.64. The van der Waals surface area contributed by atoms with Gasteiger partial charge < -0.3 is 25.3 Å². The maximum Gasteiger partial charge on any atom is 0.255 e. The molecule has 0 atom stereocenters. The average molecular weight is 393 g/mol. The van der Waals surface area contributed by atoms with Crippen molar-refractivity contribution in [3.05, 3.63) is 52.0 Å². The quantitative estimate of drug-likeness (QED) is 0.607. The smallest absolute Gasteiger partial charge is 0.255 e. The number of primary amides is 1. The number of halogens is 1. The van der Waals surface area contributed by atoms with Crippen LogP contribution in [0.4, 0.5) is 0 Å². The van der Waals surface area contributed by atoms with Crippen molar-refractivity contribution < 1.29 is 19.0 Å². The normalized spacial score (nSPS) is 10.5. The summed E-state index contributed by atoms with van der Waals surface area (Å²) in [5.74, 6) is 1.11. The Morgan fingerprint density at radius 3 is 2.48 bits per heavy atom. The highest BCUT2D eigenvalue weighted by molar-refractivity contribution is 6.32. The van der Waals surface area contributed by atoms with Crippen LogP contribution in [-0.4, -0.2) is 32.8 Å². The summed E-state index contributed by atoms with van der Waals surface area (Å²) in [4.78, 5) is 10.9. The van der Waals surface area contributed by atoms with Gasteiger partial charge in [-0.1, -0.05) is 29.8 Å². The molecule has 0 aliphatic carbocycles. The van der Waals surface area contributed by atoms with Gasteiger partial charge in [-0.3, -0.25) is 4.79 Å². The molecule has 0 saturated carbocycles. The number of methoxy groups -OCH3 is 1. The van der Waals surface area contributed by atoms with Gasteiger partial charge in [-0.05, 0) is 42.7 Å². The van der Waals surface area contributed by atoms with E-state index in [9.17, 15) is 4.79 Å². The Hall–Kier alpha value is -2.44. The van der Waals surface area contributed by atoms with Crippen molar-refractivity contribution >= 4 is 17.5 Å². The summed E-state index contributed by atoms with van der Waals surface area (Å²) in [5, 5.41) is 3.67. The Kier molecular flexibility index (Phi) is 7.76. The standard InChI is InChI=1S/C20H25ClN2O4/c1-13-5-4-6-14(2)19(13)26-8-7-23-11-15-9-16(21)20(17(10-15)25-3)27-12-18(22)24/h4-6,9-10,23H,7-8,11-12H2,1-3H3,(H2,22,24). The Morgan fingerprint density at radius 2 is 1.85 bits per heavy atom. The van der Waals surface area contributed by atoms with E-state index in [2.05, 4.69) is 5.32 Å². The van der Waals surface area contributed by atoms with Gasteiger partial charge in [0.05, 0.1) is 12.1 Å². The maximum absolute atomic E-state index is 10.9. The van der Waals surface area contributed by atoms with Gasteiger partial charge in [0.2, 0.25) is 0 Å². The number of amides is 1. The highest BCUT2D eigenvalue weighted by atomic mass is 35.5. The Bertz CT molecular complexity index is 776. The minimum atomic E-state index is -0.581.